The van der Waals surface area contributed by atoms with Crippen molar-refractivity contribution in [2.75, 3.05) is 52.5 Å². The number of unbranched alkanes of at least 4 members (excludes halogenated alkanes) is 2. The monoisotopic (exact) mass is 271 g/mol. The largest absolute Gasteiger partial charge is 0.372 e. The average molecular weight is 271 g/mol. The molecule has 0 unspecified atom stereocenters. The van der Waals surface area contributed by atoms with Crippen molar-refractivity contribution in [3.8, 4) is 0 Å². The number of amides is 1. The van der Waals surface area contributed by atoms with Gasteiger partial charge in [0.2, 0.25) is 5.91 Å². The van der Waals surface area contributed by atoms with Gasteiger partial charge in [0.25, 0.3) is 0 Å². The van der Waals surface area contributed by atoms with Crippen LogP contribution in [0.1, 0.15) is 32.6 Å². The summed E-state index contributed by atoms with van der Waals surface area (Å²) in [5.74, 6) is 0.135. The van der Waals surface area contributed by atoms with Crippen LogP contribution in [-0.4, -0.2) is 68.2 Å². The van der Waals surface area contributed by atoms with E-state index >= 15 is 0 Å². The maximum atomic E-state index is 11.8. The number of nitrogens with zero attached hydrogens (tertiary/aromatic N) is 2. The van der Waals surface area contributed by atoms with Crippen LogP contribution >= 0.6 is 0 Å². The first-order valence-electron chi connectivity index (χ1n) is 7.56. The zero-order chi connectivity index (χ0) is 13.9. The Labute approximate surface area is 117 Å². The smallest absolute Gasteiger partial charge is 0.248 e. The molecule has 0 bridgehead atoms. The van der Waals surface area contributed by atoms with E-state index in [2.05, 4.69) is 4.90 Å². The van der Waals surface area contributed by atoms with Gasteiger partial charge < -0.3 is 15.4 Å². The molecule has 0 aromatic carbocycles. The minimum atomic E-state index is 0.135. The molecule has 19 heavy (non-hydrogen) atoms. The highest BCUT2D eigenvalue weighted by Crippen LogP contribution is 2.05. The van der Waals surface area contributed by atoms with Crippen molar-refractivity contribution >= 4 is 5.91 Å². The number of ether oxygens (including phenoxy) is 1. The molecule has 5 heteroatoms. The summed E-state index contributed by atoms with van der Waals surface area (Å²) >= 11 is 0. The summed E-state index contributed by atoms with van der Waals surface area (Å²) in [6.07, 6.45) is 4.50. The van der Waals surface area contributed by atoms with E-state index in [4.69, 9.17) is 10.5 Å². The second kappa shape index (κ2) is 10.2. The van der Waals surface area contributed by atoms with Crippen LogP contribution in [-0.2, 0) is 9.53 Å². The minimum Gasteiger partial charge on any atom is -0.372 e. The Morgan fingerprint density at radius 1 is 1.16 bits per heavy atom. The zero-order valence-electron chi connectivity index (χ0n) is 12.3. The van der Waals surface area contributed by atoms with Gasteiger partial charge in [0.1, 0.15) is 6.61 Å². The highest BCUT2D eigenvalue weighted by Gasteiger charge is 2.20. The standard InChI is InChI=1S/C14H29N3O2/c1-2-12-19-13-14(18)17-10-8-16(9-11-17)7-5-3-4-6-15/h2-13,15H2,1H3. The van der Waals surface area contributed by atoms with E-state index in [0.717, 1.165) is 52.1 Å². The Kier molecular flexibility index (Phi) is 8.79. The maximum absolute atomic E-state index is 11.8. The number of hydrogen-bond donors (Lipinski definition) is 1. The van der Waals surface area contributed by atoms with Gasteiger partial charge in [0, 0.05) is 32.8 Å². The molecule has 112 valence electrons. The number of carbonyl (C=O) groups excluding carboxylic acids is 1. The molecule has 2 N–H and O–H groups in total. The third-order valence-electron chi connectivity index (χ3n) is 3.48. The van der Waals surface area contributed by atoms with E-state index in [1.165, 1.54) is 12.8 Å². The van der Waals surface area contributed by atoms with E-state index in [-0.39, 0.29) is 12.5 Å². The predicted octanol–water partition coefficient (Wildman–Crippen LogP) is 0.686. The van der Waals surface area contributed by atoms with Gasteiger partial charge in [-0.3, -0.25) is 9.69 Å². The second-order valence-electron chi connectivity index (χ2n) is 5.12. The van der Waals surface area contributed by atoms with Gasteiger partial charge >= 0.3 is 0 Å². The van der Waals surface area contributed by atoms with Crippen LogP contribution in [0, 0.1) is 0 Å². The topological polar surface area (TPSA) is 58.8 Å². The molecule has 0 radical (unpaired) electrons. The number of carbonyl (C=O) groups is 1. The molecular weight excluding hydrogens is 242 g/mol. The van der Waals surface area contributed by atoms with E-state index < -0.39 is 0 Å². The normalized spacial score (nSPS) is 16.8. The second-order valence-corrected chi connectivity index (χ2v) is 5.12. The molecule has 0 aromatic rings. The maximum Gasteiger partial charge on any atom is 0.248 e. The van der Waals surface area contributed by atoms with Crippen LogP contribution in [0.25, 0.3) is 0 Å². The molecule has 0 saturated carbocycles. The van der Waals surface area contributed by atoms with Crippen LogP contribution in [0.3, 0.4) is 0 Å². The third kappa shape index (κ3) is 6.89. The third-order valence-corrected chi connectivity index (χ3v) is 3.48. The zero-order valence-corrected chi connectivity index (χ0v) is 12.3. The summed E-state index contributed by atoms with van der Waals surface area (Å²) in [5, 5.41) is 0. The molecule has 1 aliphatic heterocycles. The van der Waals surface area contributed by atoms with Crippen molar-refractivity contribution in [2.45, 2.75) is 32.6 Å². The predicted molar refractivity (Wildman–Crippen MR) is 77.0 cm³/mol. The Morgan fingerprint density at radius 3 is 2.53 bits per heavy atom. The summed E-state index contributed by atoms with van der Waals surface area (Å²) in [7, 11) is 0. The van der Waals surface area contributed by atoms with Crippen molar-refractivity contribution in [2.24, 2.45) is 5.73 Å². The Morgan fingerprint density at radius 2 is 1.89 bits per heavy atom. The summed E-state index contributed by atoms with van der Waals surface area (Å²) in [5.41, 5.74) is 5.48. The van der Waals surface area contributed by atoms with Gasteiger partial charge in [-0.2, -0.15) is 0 Å². The average Bonchev–Trinajstić information content (AvgIpc) is 2.44. The fourth-order valence-electron chi connectivity index (χ4n) is 2.27. The fourth-order valence-corrected chi connectivity index (χ4v) is 2.27. The van der Waals surface area contributed by atoms with Gasteiger partial charge in [-0.05, 0) is 32.4 Å². The summed E-state index contributed by atoms with van der Waals surface area (Å²) in [6, 6.07) is 0. The molecule has 1 heterocycles. The van der Waals surface area contributed by atoms with Gasteiger partial charge in [0.05, 0.1) is 0 Å². The van der Waals surface area contributed by atoms with Crippen molar-refractivity contribution in [1.82, 2.24) is 9.80 Å². The summed E-state index contributed by atoms with van der Waals surface area (Å²) in [6.45, 7) is 8.54. The summed E-state index contributed by atoms with van der Waals surface area (Å²) < 4.78 is 5.30. The van der Waals surface area contributed by atoms with Crippen molar-refractivity contribution in [3.63, 3.8) is 0 Å². The molecular formula is C14H29N3O2. The van der Waals surface area contributed by atoms with E-state index in [0.29, 0.717) is 6.61 Å². The quantitative estimate of drug-likeness (QED) is 0.627. The molecule has 0 spiro atoms. The van der Waals surface area contributed by atoms with Crippen molar-refractivity contribution in [3.05, 3.63) is 0 Å². The van der Waals surface area contributed by atoms with Crippen LogP contribution < -0.4 is 5.73 Å². The Bertz CT molecular complexity index is 241. The van der Waals surface area contributed by atoms with Crippen LogP contribution in [0.15, 0.2) is 0 Å². The number of hydrogen-bond acceptors (Lipinski definition) is 4. The lowest BCUT2D eigenvalue weighted by molar-refractivity contribution is -0.137. The van der Waals surface area contributed by atoms with Crippen molar-refractivity contribution < 1.29 is 9.53 Å². The first-order chi connectivity index (χ1) is 9.27. The lowest BCUT2D eigenvalue weighted by Gasteiger charge is -2.34. The summed E-state index contributed by atoms with van der Waals surface area (Å²) in [4.78, 5) is 16.2. The molecule has 1 fully saturated rings. The van der Waals surface area contributed by atoms with E-state index in [1.54, 1.807) is 0 Å². The Hall–Kier alpha value is -0.650. The minimum absolute atomic E-state index is 0.135. The van der Waals surface area contributed by atoms with Crippen LogP contribution in [0.2, 0.25) is 0 Å². The molecule has 5 nitrogen and oxygen atoms in total. The fraction of sp³-hybridized carbons (Fsp3) is 0.929. The first-order valence-corrected chi connectivity index (χ1v) is 7.56. The molecule has 0 aliphatic carbocycles. The highest BCUT2D eigenvalue weighted by atomic mass is 16.5. The lowest BCUT2D eigenvalue weighted by atomic mass is 10.2. The molecule has 1 amide bonds. The van der Waals surface area contributed by atoms with Gasteiger partial charge in [-0.25, -0.2) is 0 Å². The number of nitrogens with two attached hydrogens (primary N) is 1. The highest BCUT2D eigenvalue weighted by molar-refractivity contribution is 5.77. The molecule has 0 aromatic heterocycles. The Balaban J connectivity index is 2.09. The van der Waals surface area contributed by atoms with Crippen LogP contribution in [0.5, 0.6) is 0 Å². The first kappa shape index (κ1) is 16.4. The van der Waals surface area contributed by atoms with E-state index in [1.807, 2.05) is 11.8 Å². The number of rotatable bonds is 9. The molecule has 1 aliphatic rings. The molecule has 1 saturated heterocycles. The van der Waals surface area contributed by atoms with Gasteiger partial charge in [-0.15, -0.1) is 0 Å². The molecule has 0 atom stereocenters. The molecule has 1 rings (SSSR count). The van der Waals surface area contributed by atoms with Gasteiger partial charge in [-0.1, -0.05) is 13.3 Å². The van der Waals surface area contributed by atoms with Crippen LogP contribution in [0.4, 0.5) is 0 Å². The van der Waals surface area contributed by atoms with Crippen molar-refractivity contribution in [1.29, 1.82) is 0 Å². The lowest BCUT2D eigenvalue weighted by Crippen LogP contribution is -2.49. The SMILES string of the molecule is CCCOCC(=O)N1CCN(CCCCCN)CC1. The van der Waals surface area contributed by atoms with E-state index in [9.17, 15) is 4.79 Å². The number of piperazine rings is 1. The van der Waals surface area contributed by atoms with Gasteiger partial charge in [0.15, 0.2) is 0 Å².